The van der Waals surface area contributed by atoms with Gasteiger partial charge in [0, 0.05) is 11.7 Å². The van der Waals surface area contributed by atoms with Crippen molar-refractivity contribution in [3.05, 3.63) is 59.2 Å². The molecule has 1 aliphatic carbocycles. The second-order valence-corrected chi connectivity index (χ2v) is 10.3. The summed E-state index contributed by atoms with van der Waals surface area (Å²) < 4.78 is 28.8. The highest BCUT2D eigenvalue weighted by Crippen LogP contribution is 2.41. The Bertz CT molecular complexity index is 1020. The van der Waals surface area contributed by atoms with Gasteiger partial charge in [0.2, 0.25) is 15.9 Å². The fourth-order valence-corrected chi connectivity index (χ4v) is 5.77. The number of benzene rings is 2. The number of carbonyl (C=O) groups excluding carboxylic acids is 1. The minimum absolute atomic E-state index is 0.000651. The Morgan fingerprint density at radius 2 is 1.76 bits per heavy atom. The molecule has 2 N–H and O–H groups in total. The second kappa shape index (κ2) is 7.58. The molecule has 0 saturated heterocycles. The molecule has 1 atom stereocenters. The molecule has 1 saturated carbocycles. The lowest BCUT2D eigenvalue weighted by Gasteiger charge is -2.24. The summed E-state index contributed by atoms with van der Waals surface area (Å²) in [6.45, 7) is 3.92. The van der Waals surface area contributed by atoms with Crippen LogP contribution in [0.25, 0.3) is 0 Å². The highest BCUT2D eigenvalue weighted by atomic mass is 32.2. The van der Waals surface area contributed by atoms with E-state index in [1.54, 1.807) is 18.2 Å². The van der Waals surface area contributed by atoms with Gasteiger partial charge in [-0.15, -0.1) is 0 Å². The lowest BCUT2D eigenvalue weighted by molar-refractivity contribution is -0.120. The number of fused-ring (bicyclic) bond motifs is 1. The molecule has 0 radical (unpaired) electrons. The molecule has 2 aromatic rings. The maximum absolute atomic E-state index is 13.0. The summed E-state index contributed by atoms with van der Waals surface area (Å²) in [6, 6.07) is 13.1. The fourth-order valence-electron chi connectivity index (χ4n) is 4.44. The normalized spacial score (nSPS) is 22.3. The summed E-state index contributed by atoms with van der Waals surface area (Å²) in [5, 5.41) is 2.93. The van der Waals surface area contributed by atoms with Gasteiger partial charge in [0.15, 0.2) is 0 Å². The van der Waals surface area contributed by atoms with Crippen LogP contribution in [0.3, 0.4) is 0 Å². The van der Waals surface area contributed by atoms with Crippen LogP contribution < -0.4 is 10.0 Å². The van der Waals surface area contributed by atoms with Crippen LogP contribution in [0.5, 0.6) is 0 Å². The van der Waals surface area contributed by atoms with Crippen molar-refractivity contribution in [3.63, 3.8) is 0 Å². The van der Waals surface area contributed by atoms with Crippen molar-refractivity contribution in [3.8, 4) is 0 Å². The fraction of sp³-hybridized carbons (Fsp3) is 0.435. The van der Waals surface area contributed by atoms with E-state index in [2.05, 4.69) is 10.0 Å². The van der Waals surface area contributed by atoms with Gasteiger partial charge in [-0.3, -0.25) is 4.79 Å². The van der Waals surface area contributed by atoms with Crippen molar-refractivity contribution in [1.82, 2.24) is 4.72 Å². The highest BCUT2D eigenvalue weighted by molar-refractivity contribution is 7.89. The van der Waals surface area contributed by atoms with Gasteiger partial charge in [-0.25, -0.2) is 13.1 Å². The van der Waals surface area contributed by atoms with E-state index in [4.69, 9.17) is 0 Å². The topological polar surface area (TPSA) is 75.3 Å². The van der Waals surface area contributed by atoms with Crippen LogP contribution in [0.15, 0.2) is 47.4 Å². The molecule has 1 unspecified atom stereocenters. The van der Waals surface area contributed by atoms with E-state index in [9.17, 15) is 13.2 Å². The number of hydrogen-bond donors (Lipinski definition) is 2. The number of anilines is 1. The summed E-state index contributed by atoms with van der Waals surface area (Å²) >= 11 is 0. The zero-order valence-electron chi connectivity index (χ0n) is 17.0. The smallest absolute Gasteiger partial charge is 0.240 e. The van der Waals surface area contributed by atoms with Gasteiger partial charge < -0.3 is 5.32 Å². The number of hydrogen-bond acceptors (Lipinski definition) is 3. The summed E-state index contributed by atoms with van der Waals surface area (Å²) in [4.78, 5) is 13.1. The van der Waals surface area contributed by atoms with Gasteiger partial charge in [-0.1, -0.05) is 49.1 Å². The summed E-state index contributed by atoms with van der Waals surface area (Å²) in [5.74, 6) is -0.0946. The molecule has 5 nitrogen and oxygen atoms in total. The Hall–Kier alpha value is -2.18. The zero-order chi connectivity index (χ0) is 20.6. The monoisotopic (exact) mass is 412 g/mol. The molecule has 4 rings (SSSR count). The number of nitrogens with one attached hydrogen (secondary N) is 2. The molecule has 1 fully saturated rings. The Morgan fingerprint density at radius 1 is 1.07 bits per heavy atom. The largest absolute Gasteiger partial charge is 0.325 e. The highest BCUT2D eigenvalue weighted by Gasteiger charge is 2.43. The van der Waals surface area contributed by atoms with E-state index in [1.807, 2.05) is 38.1 Å². The zero-order valence-corrected chi connectivity index (χ0v) is 17.8. The molecule has 1 heterocycles. The Kier molecular flexibility index (Phi) is 5.25. The number of carbonyl (C=O) groups is 1. The van der Waals surface area contributed by atoms with Gasteiger partial charge >= 0.3 is 0 Å². The molecular formula is C23H28N2O3S. The van der Waals surface area contributed by atoms with Gasteiger partial charge in [0.25, 0.3) is 0 Å². The molecule has 1 aliphatic heterocycles. The van der Waals surface area contributed by atoms with E-state index < -0.39 is 15.4 Å². The average Bonchev–Trinajstić information content (AvgIpc) is 2.94. The third-order valence-electron chi connectivity index (χ3n) is 6.25. The maximum atomic E-state index is 13.0. The lowest BCUT2D eigenvalue weighted by Crippen LogP contribution is -2.36. The number of aryl methyl sites for hydroxylation is 1. The molecule has 1 amide bonds. The minimum atomic E-state index is -3.62. The predicted octanol–water partition coefficient (Wildman–Crippen LogP) is 4.06. The molecule has 29 heavy (non-hydrogen) atoms. The minimum Gasteiger partial charge on any atom is -0.325 e. The van der Waals surface area contributed by atoms with E-state index >= 15 is 0 Å². The first-order chi connectivity index (χ1) is 13.8. The van der Waals surface area contributed by atoms with Crippen LogP contribution in [0.1, 0.15) is 55.7 Å². The van der Waals surface area contributed by atoms with Crippen molar-refractivity contribution < 1.29 is 13.2 Å². The number of amides is 1. The third kappa shape index (κ3) is 3.96. The predicted molar refractivity (Wildman–Crippen MR) is 115 cm³/mol. The van der Waals surface area contributed by atoms with E-state index in [0.29, 0.717) is 12.1 Å². The van der Waals surface area contributed by atoms with Crippen LogP contribution in [0.4, 0.5) is 5.69 Å². The van der Waals surface area contributed by atoms with Gasteiger partial charge in [-0.2, -0.15) is 0 Å². The van der Waals surface area contributed by atoms with E-state index in [-0.39, 0.29) is 16.8 Å². The average molecular weight is 413 g/mol. The van der Waals surface area contributed by atoms with E-state index in [1.165, 1.54) is 6.42 Å². The van der Waals surface area contributed by atoms with Crippen LogP contribution in [-0.2, 0) is 26.7 Å². The first-order valence-corrected chi connectivity index (χ1v) is 11.8. The molecule has 2 aromatic carbocycles. The van der Waals surface area contributed by atoms with Crippen molar-refractivity contribution in [1.29, 1.82) is 0 Å². The molecule has 0 bridgehead atoms. The van der Waals surface area contributed by atoms with Crippen LogP contribution in [-0.4, -0.2) is 20.4 Å². The first kappa shape index (κ1) is 20.1. The van der Waals surface area contributed by atoms with Crippen LogP contribution in [0, 0.1) is 6.92 Å². The molecule has 2 aliphatic rings. The van der Waals surface area contributed by atoms with Crippen molar-refractivity contribution in [2.45, 2.75) is 68.7 Å². The van der Waals surface area contributed by atoms with Crippen LogP contribution in [0.2, 0.25) is 0 Å². The Morgan fingerprint density at radius 3 is 2.45 bits per heavy atom. The van der Waals surface area contributed by atoms with Gasteiger partial charge in [0.1, 0.15) is 0 Å². The SMILES string of the molecule is Cc1ccc(CC2(C)C(=O)Nc3ccc(S(=O)(=O)NC4CCCCC4)cc32)cc1. The van der Waals surface area contributed by atoms with Crippen LogP contribution >= 0.6 is 0 Å². The molecular weight excluding hydrogens is 384 g/mol. The van der Waals surface area contributed by atoms with Gasteiger partial charge in [0.05, 0.1) is 10.3 Å². The third-order valence-corrected chi connectivity index (χ3v) is 7.77. The maximum Gasteiger partial charge on any atom is 0.240 e. The molecule has 154 valence electrons. The second-order valence-electron chi connectivity index (χ2n) is 8.61. The summed E-state index contributed by atoms with van der Waals surface area (Å²) in [6.07, 6.45) is 5.58. The van der Waals surface area contributed by atoms with Gasteiger partial charge in [-0.05, 0) is 62.4 Å². The van der Waals surface area contributed by atoms with Crippen molar-refractivity contribution in [2.24, 2.45) is 0 Å². The van der Waals surface area contributed by atoms with Crippen molar-refractivity contribution >= 4 is 21.6 Å². The number of rotatable bonds is 5. The molecule has 0 aromatic heterocycles. The first-order valence-electron chi connectivity index (χ1n) is 10.3. The van der Waals surface area contributed by atoms with E-state index in [0.717, 1.165) is 42.4 Å². The quantitative estimate of drug-likeness (QED) is 0.778. The summed E-state index contributed by atoms with van der Waals surface area (Å²) in [7, 11) is -3.62. The van der Waals surface area contributed by atoms with Crippen molar-refractivity contribution in [2.75, 3.05) is 5.32 Å². The lowest BCUT2D eigenvalue weighted by atomic mass is 9.78. The molecule has 0 spiro atoms. The summed E-state index contributed by atoms with van der Waals surface area (Å²) in [5.41, 5.74) is 2.85. The Balaban J connectivity index is 1.64. The molecule has 6 heteroatoms. The number of sulfonamides is 1. The Labute approximate surface area is 173 Å². The standard InChI is InChI=1S/C23H28N2O3S/c1-16-8-10-17(11-9-16)15-23(2)20-14-19(12-13-21(20)24-22(23)26)29(27,28)25-18-6-4-3-5-7-18/h8-14,18,25H,3-7,15H2,1-2H3,(H,24,26).